The van der Waals surface area contributed by atoms with Crippen LogP contribution in [0.3, 0.4) is 0 Å². The molecule has 1 heterocycles. The highest BCUT2D eigenvalue weighted by molar-refractivity contribution is 8.00. The second kappa shape index (κ2) is 5.01. The summed E-state index contributed by atoms with van der Waals surface area (Å²) in [5, 5.41) is 0.539. The smallest absolute Gasteiger partial charge is 0.0666 e. The summed E-state index contributed by atoms with van der Waals surface area (Å²) < 4.78 is 5.66. The number of ether oxygens (including phenoxy) is 1. The summed E-state index contributed by atoms with van der Waals surface area (Å²) in [5.74, 6) is 1.10. The van der Waals surface area contributed by atoms with E-state index in [1.165, 1.54) is 24.0 Å². The maximum atomic E-state index is 6.31. The van der Waals surface area contributed by atoms with Crippen LogP contribution in [-0.2, 0) is 11.2 Å². The lowest BCUT2D eigenvalue weighted by molar-refractivity contribution is 0.128. The first-order chi connectivity index (χ1) is 8.34. The lowest BCUT2D eigenvalue weighted by Crippen LogP contribution is -2.21. The van der Waals surface area contributed by atoms with Crippen molar-refractivity contribution in [2.75, 3.05) is 12.4 Å². The Labute approximate surface area is 107 Å². The fourth-order valence-corrected chi connectivity index (χ4v) is 4.13. The predicted octanol–water partition coefficient (Wildman–Crippen LogP) is 2.52. The summed E-state index contributed by atoms with van der Waals surface area (Å²) in [7, 11) is 0. The molecule has 92 valence electrons. The molecule has 3 rings (SSSR count). The Morgan fingerprint density at radius 3 is 3.00 bits per heavy atom. The van der Waals surface area contributed by atoms with Gasteiger partial charge in [0.2, 0.25) is 0 Å². The van der Waals surface area contributed by atoms with Gasteiger partial charge in [0.05, 0.1) is 6.10 Å². The molecule has 1 fully saturated rings. The highest BCUT2D eigenvalue weighted by Gasteiger charge is 2.30. The topological polar surface area (TPSA) is 35.2 Å². The van der Waals surface area contributed by atoms with Crippen LogP contribution in [0, 0.1) is 0 Å². The van der Waals surface area contributed by atoms with Crippen molar-refractivity contribution in [3.63, 3.8) is 0 Å². The molecular formula is C14H19NOS. The second-order valence-electron chi connectivity index (χ2n) is 4.94. The summed E-state index contributed by atoms with van der Waals surface area (Å²) in [6.45, 7) is 0.947. The second-order valence-corrected chi connectivity index (χ2v) is 6.21. The number of nitrogens with two attached hydrogens (primary N) is 1. The summed E-state index contributed by atoms with van der Waals surface area (Å²) in [4.78, 5) is 0. The van der Waals surface area contributed by atoms with Crippen LogP contribution in [0.1, 0.15) is 30.0 Å². The Hall–Kier alpha value is -0.510. The molecule has 3 atom stereocenters. The standard InChI is InChI=1S/C14H19NOS/c15-14-12-6-2-1-4-10(12)8-13(14)17-9-11-5-3-7-16-11/h1-2,4,6,11,13-14H,3,5,7-9,15H2. The van der Waals surface area contributed by atoms with Gasteiger partial charge in [0.15, 0.2) is 0 Å². The monoisotopic (exact) mass is 249 g/mol. The van der Waals surface area contributed by atoms with Crippen molar-refractivity contribution in [2.24, 2.45) is 5.73 Å². The van der Waals surface area contributed by atoms with Gasteiger partial charge in [-0.25, -0.2) is 0 Å². The third-order valence-corrected chi connectivity index (χ3v) is 5.21. The van der Waals surface area contributed by atoms with E-state index in [0.29, 0.717) is 11.4 Å². The summed E-state index contributed by atoms with van der Waals surface area (Å²) >= 11 is 2.00. The van der Waals surface area contributed by atoms with Crippen LogP contribution >= 0.6 is 11.8 Å². The van der Waals surface area contributed by atoms with Crippen LogP contribution < -0.4 is 5.73 Å². The van der Waals surface area contributed by atoms with E-state index in [1.54, 1.807) is 0 Å². The molecule has 1 saturated heterocycles. The molecule has 0 amide bonds. The fourth-order valence-electron chi connectivity index (χ4n) is 2.76. The Bertz CT molecular complexity index is 390. The maximum Gasteiger partial charge on any atom is 0.0666 e. The highest BCUT2D eigenvalue weighted by Crippen LogP contribution is 2.37. The van der Waals surface area contributed by atoms with Gasteiger partial charge >= 0.3 is 0 Å². The van der Waals surface area contributed by atoms with E-state index in [9.17, 15) is 0 Å². The molecule has 1 aliphatic heterocycles. The van der Waals surface area contributed by atoms with Gasteiger partial charge in [0, 0.05) is 23.7 Å². The van der Waals surface area contributed by atoms with E-state index in [1.807, 2.05) is 11.8 Å². The number of fused-ring (bicyclic) bond motifs is 1. The number of thioether (sulfide) groups is 1. The molecule has 0 radical (unpaired) electrons. The van der Waals surface area contributed by atoms with E-state index in [-0.39, 0.29) is 6.04 Å². The van der Waals surface area contributed by atoms with E-state index >= 15 is 0 Å². The van der Waals surface area contributed by atoms with Crippen molar-refractivity contribution in [1.29, 1.82) is 0 Å². The molecule has 0 saturated carbocycles. The van der Waals surface area contributed by atoms with Crippen molar-refractivity contribution in [2.45, 2.75) is 36.7 Å². The van der Waals surface area contributed by atoms with Gasteiger partial charge < -0.3 is 10.5 Å². The van der Waals surface area contributed by atoms with Gasteiger partial charge in [-0.05, 0) is 30.4 Å². The highest BCUT2D eigenvalue weighted by atomic mass is 32.2. The zero-order chi connectivity index (χ0) is 11.7. The minimum absolute atomic E-state index is 0.206. The lowest BCUT2D eigenvalue weighted by atomic mass is 10.1. The van der Waals surface area contributed by atoms with Gasteiger partial charge in [-0.15, -0.1) is 0 Å². The molecule has 3 heteroatoms. The molecule has 2 nitrogen and oxygen atoms in total. The van der Waals surface area contributed by atoms with Gasteiger partial charge in [0.1, 0.15) is 0 Å². The summed E-state index contributed by atoms with van der Waals surface area (Å²) in [5.41, 5.74) is 9.09. The Balaban J connectivity index is 1.59. The summed E-state index contributed by atoms with van der Waals surface area (Å²) in [6.07, 6.45) is 4.04. The molecule has 0 bridgehead atoms. The van der Waals surface area contributed by atoms with Crippen molar-refractivity contribution in [1.82, 2.24) is 0 Å². The van der Waals surface area contributed by atoms with E-state index < -0.39 is 0 Å². The van der Waals surface area contributed by atoms with Crippen LogP contribution in [0.15, 0.2) is 24.3 Å². The molecule has 1 aliphatic carbocycles. The zero-order valence-electron chi connectivity index (χ0n) is 9.97. The Morgan fingerprint density at radius 2 is 2.24 bits per heavy atom. The van der Waals surface area contributed by atoms with Crippen LogP contribution in [0.25, 0.3) is 0 Å². The van der Waals surface area contributed by atoms with Crippen LogP contribution in [-0.4, -0.2) is 23.7 Å². The summed E-state index contributed by atoms with van der Waals surface area (Å²) in [6, 6.07) is 8.79. The van der Waals surface area contributed by atoms with Gasteiger partial charge in [0.25, 0.3) is 0 Å². The average molecular weight is 249 g/mol. The van der Waals surface area contributed by atoms with Gasteiger partial charge in [-0.1, -0.05) is 24.3 Å². The van der Waals surface area contributed by atoms with Gasteiger partial charge in [-0.3, -0.25) is 0 Å². The maximum absolute atomic E-state index is 6.31. The molecule has 3 unspecified atom stereocenters. The Kier molecular flexibility index (Phi) is 3.41. The first kappa shape index (κ1) is 11.6. The average Bonchev–Trinajstić information content (AvgIpc) is 2.96. The first-order valence-electron chi connectivity index (χ1n) is 6.41. The minimum atomic E-state index is 0.206. The molecule has 1 aromatic rings. The third kappa shape index (κ3) is 2.37. The largest absolute Gasteiger partial charge is 0.377 e. The van der Waals surface area contributed by atoms with Crippen LogP contribution in [0.5, 0.6) is 0 Å². The lowest BCUT2D eigenvalue weighted by Gasteiger charge is -2.17. The molecule has 2 aliphatic rings. The molecule has 0 spiro atoms. The third-order valence-electron chi connectivity index (χ3n) is 3.76. The van der Waals surface area contributed by atoms with E-state index in [2.05, 4.69) is 24.3 Å². The van der Waals surface area contributed by atoms with Crippen LogP contribution in [0.4, 0.5) is 0 Å². The van der Waals surface area contributed by atoms with Gasteiger partial charge in [-0.2, -0.15) is 11.8 Å². The van der Waals surface area contributed by atoms with Crippen molar-refractivity contribution < 1.29 is 4.74 Å². The normalized spacial score (nSPS) is 31.7. The zero-order valence-corrected chi connectivity index (χ0v) is 10.8. The van der Waals surface area contributed by atoms with E-state index in [4.69, 9.17) is 10.5 Å². The molecular weight excluding hydrogens is 230 g/mol. The number of rotatable bonds is 3. The SMILES string of the molecule is NC1c2ccccc2CC1SCC1CCCO1. The fraction of sp³-hybridized carbons (Fsp3) is 0.571. The van der Waals surface area contributed by atoms with Crippen molar-refractivity contribution in [3.8, 4) is 0 Å². The first-order valence-corrected chi connectivity index (χ1v) is 7.46. The number of hydrogen-bond donors (Lipinski definition) is 1. The van der Waals surface area contributed by atoms with Crippen molar-refractivity contribution >= 4 is 11.8 Å². The molecule has 1 aromatic carbocycles. The molecule has 17 heavy (non-hydrogen) atoms. The van der Waals surface area contributed by atoms with E-state index in [0.717, 1.165) is 18.8 Å². The Morgan fingerprint density at radius 1 is 1.35 bits per heavy atom. The quantitative estimate of drug-likeness (QED) is 0.894. The van der Waals surface area contributed by atoms with Crippen LogP contribution in [0.2, 0.25) is 0 Å². The number of benzene rings is 1. The predicted molar refractivity (Wildman–Crippen MR) is 72.3 cm³/mol. The molecule has 0 aromatic heterocycles. The number of hydrogen-bond acceptors (Lipinski definition) is 3. The molecule has 2 N–H and O–H groups in total. The minimum Gasteiger partial charge on any atom is -0.377 e. The van der Waals surface area contributed by atoms with Crippen molar-refractivity contribution in [3.05, 3.63) is 35.4 Å².